The Morgan fingerprint density at radius 2 is 1.76 bits per heavy atom. The molecule has 0 atom stereocenters. The van der Waals surface area contributed by atoms with Gasteiger partial charge in [-0.2, -0.15) is 18.1 Å². The molecule has 146 valence electrons. The van der Waals surface area contributed by atoms with Crippen LogP contribution in [-0.4, -0.2) is 55.2 Å². The SMILES string of the molecule is O=C(Nc1cccc2nsnc12)N1CCN(c2nc(-c3ccccc3)ns2)CC1. The Morgan fingerprint density at radius 1 is 0.931 bits per heavy atom. The number of fused-ring (bicyclic) bond motifs is 1. The van der Waals surface area contributed by atoms with Crippen LogP contribution in [0.4, 0.5) is 15.6 Å². The minimum absolute atomic E-state index is 0.118. The largest absolute Gasteiger partial charge is 0.343 e. The first-order chi connectivity index (χ1) is 14.3. The fraction of sp³-hybridized carbons (Fsp3) is 0.211. The molecule has 1 saturated heterocycles. The van der Waals surface area contributed by atoms with Gasteiger partial charge in [-0.25, -0.2) is 4.79 Å². The first kappa shape index (κ1) is 18.0. The number of urea groups is 1. The summed E-state index contributed by atoms with van der Waals surface area (Å²) in [6.07, 6.45) is 0. The maximum absolute atomic E-state index is 12.7. The van der Waals surface area contributed by atoms with Crippen molar-refractivity contribution in [1.29, 1.82) is 0 Å². The average Bonchev–Trinajstić information content (AvgIpc) is 3.45. The number of piperazine rings is 1. The molecule has 4 aromatic rings. The first-order valence-electron chi connectivity index (χ1n) is 9.19. The monoisotopic (exact) mass is 423 g/mol. The molecule has 2 aromatic heterocycles. The lowest BCUT2D eigenvalue weighted by atomic mass is 10.2. The highest BCUT2D eigenvalue weighted by Gasteiger charge is 2.24. The van der Waals surface area contributed by atoms with Crippen molar-refractivity contribution in [1.82, 2.24) is 23.0 Å². The molecule has 10 heteroatoms. The molecule has 2 aromatic carbocycles. The number of anilines is 2. The van der Waals surface area contributed by atoms with Gasteiger partial charge in [0.2, 0.25) is 5.13 Å². The Labute approximate surface area is 175 Å². The Balaban J connectivity index is 1.22. The highest BCUT2D eigenvalue weighted by atomic mass is 32.1. The highest BCUT2D eigenvalue weighted by molar-refractivity contribution is 7.09. The number of nitrogens with zero attached hydrogens (tertiary/aromatic N) is 6. The molecule has 2 amide bonds. The van der Waals surface area contributed by atoms with Gasteiger partial charge in [0.15, 0.2) is 5.82 Å². The molecule has 1 aliphatic rings. The lowest BCUT2D eigenvalue weighted by molar-refractivity contribution is 0.208. The van der Waals surface area contributed by atoms with E-state index in [1.165, 1.54) is 11.5 Å². The number of nitrogens with one attached hydrogen (secondary N) is 1. The van der Waals surface area contributed by atoms with Crippen molar-refractivity contribution in [2.45, 2.75) is 0 Å². The van der Waals surface area contributed by atoms with E-state index in [0.717, 1.165) is 52.4 Å². The number of aromatic nitrogens is 4. The van der Waals surface area contributed by atoms with Gasteiger partial charge in [0.25, 0.3) is 0 Å². The summed E-state index contributed by atoms with van der Waals surface area (Å²) in [4.78, 5) is 21.4. The smallest absolute Gasteiger partial charge is 0.322 e. The maximum Gasteiger partial charge on any atom is 0.322 e. The molecule has 1 N–H and O–H groups in total. The summed E-state index contributed by atoms with van der Waals surface area (Å²) < 4.78 is 13.0. The third-order valence-corrected chi connectivity index (χ3v) is 6.13. The van der Waals surface area contributed by atoms with Crippen LogP contribution in [0, 0.1) is 0 Å². The number of benzene rings is 2. The second-order valence-corrected chi connectivity index (χ2v) is 7.87. The molecule has 1 aliphatic heterocycles. The number of hydrogen-bond acceptors (Lipinski definition) is 8. The molecule has 0 bridgehead atoms. The zero-order valence-corrected chi connectivity index (χ0v) is 17.0. The number of carbonyl (C=O) groups excluding carboxylic acids is 1. The lowest BCUT2D eigenvalue weighted by Crippen LogP contribution is -2.50. The predicted molar refractivity (Wildman–Crippen MR) is 116 cm³/mol. The van der Waals surface area contributed by atoms with Crippen molar-refractivity contribution in [2.75, 3.05) is 36.4 Å². The molecule has 0 spiro atoms. The second-order valence-electron chi connectivity index (χ2n) is 6.61. The first-order valence-corrected chi connectivity index (χ1v) is 10.7. The van der Waals surface area contributed by atoms with E-state index in [0.29, 0.717) is 18.8 Å². The van der Waals surface area contributed by atoms with Crippen molar-refractivity contribution < 1.29 is 4.79 Å². The van der Waals surface area contributed by atoms with Crippen LogP contribution in [0.2, 0.25) is 0 Å². The zero-order chi connectivity index (χ0) is 19.6. The number of amides is 2. The molecular weight excluding hydrogens is 406 g/mol. The molecular formula is C19H17N7OS2. The van der Waals surface area contributed by atoms with Crippen LogP contribution in [0.15, 0.2) is 48.5 Å². The fourth-order valence-electron chi connectivity index (χ4n) is 3.25. The van der Waals surface area contributed by atoms with Gasteiger partial charge in [-0.1, -0.05) is 36.4 Å². The molecule has 0 unspecified atom stereocenters. The fourth-order valence-corrected chi connectivity index (χ4v) is 4.54. The van der Waals surface area contributed by atoms with E-state index in [2.05, 4.69) is 28.3 Å². The van der Waals surface area contributed by atoms with Crippen LogP contribution >= 0.6 is 23.3 Å². The summed E-state index contributed by atoms with van der Waals surface area (Å²) in [5, 5.41) is 3.86. The van der Waals surface area contributed by atoms with E-state index in [1.807, 2.05) is 53.4 Å². The van der Waals surface area contributed by atoms with E-state index in [4.69, 9.17) is 0 Å². The van der Waals surface area contributed by atoms with Gasteiger partial charge < -0.3 is 15.1 Å². The summed E-state index contributed by atoms with van der Waals surface area (Å²) in [7, 11) is 0. The van der Waals surface area contributed by atoms with Crippen LogP contribution in [0.1, 0.15) is 0 Å². The van der Waals surface area contributed by atoms with E-state index in [-0.39, 0.29) is 6.03 Å². The standard InChI is InChI=1S/C19H17N7OS2/c27-18(20-14-7-4-8-15-16(14)23-29-22-15)25-9-11-26(12-10-25)19-21-17(24-28-19)13-5-2-1-3-6-13/h1-8H,9-12H2,(H,20,27). The predicted octanol–water partition coefficient (Wildman–Crippen LogP) is 3.56. The summed E-state index contributed by atoms with van der Waals surface area (Å²) in [6, 6.07) is 15.4. The molecule has 5 rings (SSSR count). The Morgan fingerprint density at radius 3 is 2.59 bits per heavy atom. The quantitative estimate of drug-likeness (QED) is 0.542. The maximum atomic E-state index is 12.7. The van der Waals surface area contributed by atoms with Crippen LogP contribution in [-0.2, 0) is 0 Å². The highest BCUT2D eigenvalue weighted by Crippen LogP contribution is 2.25. The normalized spacial score (nSPS) is 14.3. The van der Waals surface area contributed by atoms with Crippen LogP contribution in [0.5, 0.6) is 0 Å². The molecule has 0 radical (unpaired) electrons. The van der Waals surface area contributed by atoms with Crippen molar-refractivity contribution in [2.24, 2.45) is 0 Å². The van der Waals surface area contributed by atoms with E-state index in [1.54, 1.807) is 0 Å². The van der Waals surface area contributed by atoms with Crippen molar-refractivity contribution in [3.63, 3.8) is 0 Å². The summed E-state index contributed by atoms with van der Waals surface area (Å²) in [5.41, 5.74) is 3.23. The molecule has 1 fully saturated rings. The summed E-state index contributed by atoms with van der Waals surface area (Å²) >= 11 is 2.54. The summed E-state index contributed by atoms with van der Waals surface area (Å²) in [5.74, 6) is 0.746. The molecule has 29 heavy (non-hydrogen) atoms. The van der Waals surface area contributed by atoms with Crippen LogP contribution in [0.25, 0.3) is 22.4 Å². The Kier molecular flexibility index (Phi) is 4.78. The zero-order valence-electron chi connectivity index (χ0n) is 15.4. The van der Waals surface area contributed by atoms with Gasteiger partial charge in [0.05, 0.1) is 17.4 Å². The van der Waals surface area contributed by atoms with Gasteiger partial charge in [-0.3, -0.25) is 0 Å². The third kappa shape index (κ3) is 3.64. The van der Waals surface area contributed by atoms with Crippen LogP contribution in [0.3, 0.4) is 0 Å². The minimum atomic E-state index is -0.118. The second kappa shape index (κ2) is 7.72. The lowest BCUT2D eigenvalue weighted by Gasteiger charge is -2.34. The van der Waals surface area contributed by atoms with Crippen molar-refractivity contribution in [3.8, 4) is 11.4 Å². The van der Waals surface area contributed by atoms with Gasteiger partial charge in [0, 0.05) is 43.3 Å². The number of rotatable bonds is 3. The van der Waals surface area contributed by atoms with E-state index in [9.17, 15) is 4.79 Å². The summed E-state index contributed by atoms with van der Waals surface area (Å²) in [6.45, 7) is 2.69. The van der Waals surface area contributed by atoms with Gasteiger partial charge in [-0.05, 0) is 12.1 Å². The van der Waals surface area contributed by atoms with Crippen molar-refractivity contribution >= 4 is 51.1 Å². The van der Waals surface area contributed by atoms with Crippen LogP contribution < -0.4 is 10.2 Å². The van der Waals surface area contributed by atoms with Crippen molar-refractivity contribution in [3.05, 3.63) is 48.5 Å². The molecule has 8 nitrogen and oxygen atoms in total. The van der Waals surface area contributed by atoms with E-state index < -0.39 is 0 Å². The van der Waals surface area contributed by atoms with E-state index >= 15 is 0 Å². The molecule has 3 heterocycles. The molecule has 0 saturated carbocycles. The topological polar surface area (TPSA) is 87.1 Å². The van der Waals surface area contributed by atoms with Gasteiger partial charge in [0.1, 0.15) is 11.0 Å². The van der Waals surface area contributed by atoms with Gasteiger partial charge >= 0.3 is 6.03 Å². The Hall–Kier alpha value is -3.11. The van der Waals surface area contributed by atoms with Gasteiger partial charge in [-0.15, -0.1) is 0 Å². The molecule has 0 aliphatic carbocycles. The average molecular weight is 424 g/mol. The Bertz CT molecular complexity index is 1140. The minimum Gasteiger partial charge on any atom is -0.343 e. The number of carbonyl (C=O) groups is 1. The number of hydrogen-bond donors (Lipinski definition) is 1. The third-order valence-electron chi connectivity index (χ3n) is 4.81.